The standard InChI is InChI=1S/C11H17NO4S/c1-3-16-6-7-17(14,15)12-11-5-4-10(13)8-9(11)2/h4-5,8,12-13H,3,6-7H2,1-2H3. The topological polar surface area (TPSA) is 75.6 Å². The molecule has 0 bridgehead atoms. The lowest BCUT2D eigenvalue weighted by Gasteiger charge is -2.10. The number of hydrogen-bond donors (Lipinski definition) is 2. The molecule has 0 fully saturated rings. The van der Waals surface area contributed by atoms with Crippen LogP contribution in [0.15, 0.2) is 18.2 Å². The number of phenols is 1. The summed E-state index contributed by atoms with van der Waals surface area (Å²) in [4.78, 5) is 0. The summed E-state index contributed by atoms with van der Waals surface area (Å²) in [6.45, 7) is 4.20. The van der Waals surface area contributed by atoms with Gasteiger partial charge < -0.3 is 9.84 Å². The summed E-state index contributed by atoms with van der Waals surface area (Å²) in [6.07, 6.45) is 0. The number of sulfonamides is 1. The maximum atomic E-state index is 11.7. The highest BCUT2D eigenvalue weighted by atomic mass is 32.2. The molecule has 0 aliphatic carbocycles. The van der Waals surface area contributed by atoms with E-state index in [4.69, 9.17) is 4.74 Å². The zero-order valence-electron chi connectivity index (χ0n) is 9.93. The van der Waals surface area contributed by atoms with Crippen LogP contribution < -0.4 is 4.72 Å². The molecule has 96 valence electrons. The van der Waals surface area contributed by atoms with Crippen molar-refractivity contribution in [2.24, 2.45) is 0 Å². The normalized spacial score (nSPS) is 11.4. The summed E-state index contributed by atoms with van der Waals surface area (Å²) >= 11 is 0. The largest absolute Gasteiger partial charge is 0.508 e. The molecule has 0 unspecified atom stereocenters. The quantitative estimate of drug-likeness (QED) is 0.599. The Morgan fingerprint density at radius 1 is 1.41 bits per heavy atom. The molecular formula is C11H17NO4S. The Morgan fingerprint density at radius 2 is 2.12 bits per heavy atom. The number of hydrogen-bond acceptors (Lipinski definition) is 4. The van der Waals surface area contributed by atoms with Crippen LogP contribution in [0.4, 0.5) is 5.69 Å². The first-order chi connectivity index (χ1) is 7.94. The molecule has 5 nitrogen and oxygen atoms in total. The second kappa shape index (κ2) is 5.88. The average molecular weight is 259 g/mol. The van der Waals surface area contributed by atoms with E-state index < -0.39 is 10.0 Å². The third kappa shape index (κ3) is 4.62. The van der Waals surface area contributed by atoms with E-state index in [0.717, 1.165) is 0 Å². The zero-order chi connectivity index (χ0) is 12.9. The lowest BCUT2D eigenvalue weighted by atomic mass is 10.2. The molecule has 0 heterocycles. The highest BCUT2D eigenvalue weighted by molar-refractivity contribution is 7.92. The van der Waals surface area contributed by atoms with Crippen molar-refractivity contribution in [3.05, 3.63) is 23.8 Å². The van der Waals surface area contributed by atoms with Gasteiger partial charge in [-0.25, -0.2) is 8.42 Å². The number of aromatic hydroxyl groups is 1. The summed E-state index contributed by atoms with van der Waals surface area (Å²) < 4.78 is 30.8. The van der Waals surface area contributed by atoms with E-state index in [2.05, 4.69) is 4.72 Å². The van der Waals surface area contributed by atoms with Crippen LogP contribution in [0, 0.1) is 6.92 Å². The van der Waals surface area contributed by atoms with Gasteiger partial charge in [0.1, 0.15) is 5.75 Å². The first kappa shape index (κ1) is 13.8. The second-order valence-electron chi connectivity index (χ2n) is 3.62. The molecule has 1 aromatic rings. The third-order valence-electron chi connectivity index (χ3n) is 2.18. The van der Waals surface area contributed by atoms with Crippen molar-refractivity contribution >= 4 is 15.7 Å². The first-order valence-electron chi connectivity index (χ1n) is 5.32. The van der Waals surface area contributed by atoms with Crippen LogP contribution in [0.3, 0.4) is 0 Å². The van der Waals surface area contributed by atoms with Gasteiger partial charge in [-0.2, -0.15) is 0 Å². The number of nitrogens with one attached hydrogen (secondary N) is 1. The van der Waals surface area contributed by atoms with E-state index in [1.54, 1.807) is 6.92 Å². The molecule has 0 aromatic heterocycles. The van der Waals surface area contributed by atoms with Crippen LogP contribution in [0.5, 0.6) is 5.75 Å². The fourth-order valence-electron chi connectivity index (χ4n) is 1.29. The average Bonchev–Trinajstić information content (AvgIpc) is 2.22. The predicted octanol–water partition coefficient (Wildman–Crippen LogP) is 1.48. The molecule has 0 radical (unpaired) electrons. The third-order valence-corrected chi connectivity index (χ3v) is 3.41. The SMILES string of the molecule is CCOCCS(=O)(=O)Nc1ccc(O)cc1C. The first-order valence-corrected chi connectivity index (χ1v) is 6.97. The van der Waals surface area contributed by atoms with Crippen molar-refractivity contribution in [2.75, 3.05) is 23.7 Å². The second-order valence-corrected chi connectivity index (χ2v) is 5.46. The number of aryl methyl sites for hydroxylation is 1. The summed E-state index contributed by atoms with van der Waals surface area (Å²) in [5.41, 5.74) is 1.14. The molecule has 0 atom stereocenters. The lowest BCUT2D eigenvalue weighted by molar-refractivity contribution is 0.163. The maximum absolute atomic E-state index is 11.7. The van der Waals surface area contributed by atoms with Crippen LogP contribution in [-0.2, 0) is 14.8 Å². The summed E-state index contributed by atoms with van der Waals surface area (Å²) in [5, 5.41) is 9.21. The van der Waals surface area contributed by atoms with E-state index in [-0.39, 0.29) is 18.1 Å². The highest BCUT2D eigenvalue weighted by Crippen LogP contribution is 2.21. The van der Waals surface area contributed by atoms with Crippen molar-refractivity contribution in [3.8, 4) is 5.75 Å². The lowest BCUT2D eigenvalue weighted by Crippen LogP contribution is -2.20. The van der Waals surface area contributed by atoms with Gasteiger partial charge in [0.15, 0.2) is 0 Å². The van der Waals surface area contributed by atoms with Gasteiger partial charge in [-0.05, 0) is 37.6 Å². The molecule has 0 spiro atoms. The van der Waals surface area contributed by atoms with E-state index in [1.165, 1.54) is 18.2 Å². The molecule has 0 amide bonds. The van der Waals surface area contributed by atoms with E-state index >= 15 is 0 Å². The molecule has 6 heteroatoms. The van der Waals surface area contributed by atoms with Crippen molar-refractivity contribution < 1.29 is 18.3 Å². The van der Waals surface area contributed by atoms with Crippen molar-refractivity contribution in [1.82, 2.24) is 0 Å². The Balaban J connectivity index is 2.69. The molecule has 0 saturated heterocycles. The highest BCUT2D eigenvalue weighted by Gasteiger charge is 2.11. The summed E-state index contributed by atoms with van der Waals surface area (Å²) in [6, 6.07) is 4.47. The number of rotatable bonds is 6. The Morgan fingerprint density at radius 3 is 2.71 bits per heavy atom. The molecular weight excluding hydrogens is 242 g/mol. The maximum Gasteiger partial charge on any atom is 0.235 e. The van der Waals surface area contributed by atoms with Gasteiger partial charge in [-0.1, -0.05) is 0 Å². The summed E-state index contributed by atoms with van der Waals surface area (Å²) in [5.74, 6) is 0.0287. The summed E-state index contributed by atoms with van der Waals surface area (Å²) in [7, 11) is -3.40. The van der Waals surface area contributed by atoms with Gasteiger partial charge >= 0.3 is 0 Å². The van der Waals surface area contributed by atoms with Crippen molar-refractivity contribution in [3.63, 3.8) is 0 Å². The molecule has 1 aromatic carbocycles. The Kier molecular flexibility index (Phi) is 4.77. The molecule has 17 heavy (non-hydrogen) atoms. The van der Waals surface area contributed by atoms with Gasteiger partial charge in [0.25, 0.3) is 0 Å². The van der Waals surface area contributed by atoms with Crippen molar-refractivity contribution in [2.45, 2.75) is 13.8 Å². The van der Waals surface area contributed by atoms with Gasteiger partial charge in [0, 0.05) is 6.61 Å². The Hall–Kier alpha value is -1.27. The number of benzene rings is 1. The molecule has 1 rings (SSSR count). The minimum absolute atomic E-state index is 0.0822. The van der Waals surface area contributed by atoms with Gasteiger partial charge in [0.2, 0.25) is 10.0 Å². The van der Waals surface area contributed by atoms with Gasteiger partial charge in [-0.3, -0.25) is 4.72 Å². The van der Waals surface area contributed by atoms with E-state index in [1.807, 2.05) is 6.92 Å². The van der Waals surface area contributed by atoms with Crippen molar-refractivity contribution in [1.29, 1.82) is 0 Å². The Bertz CT molecular complexity index is 470. The minimum Gasteiger partial charge on any atom is -0.508 e. The van der Waals surface area contributed by atoms with Crippen LogP contribution >= 0.6 is 0 Å². The molecule has 0 saturated carbocycles. The monoisotopic (exact) mass is 259 g/mol. The van der Waals surface area contributed by atoms with Crippen LogP contribution in [0.2, 0.25) is 0 Å². The van der Waals surface area contributed by atoms with E-state index in [0.29, 0.717) is 17.9 Å². The van der Waals surface area contributed by atoms with E-state index in [9.17, 15) is 13.5 Å². The Labute approximate surface area is 101 Å². The predicted molar refractivity (Wildman–Crippen MR) is 66.7 cm³/mol. The molecule has 0 aliphatic heterocycles. The zero-order valence-corrected chi connectivity index (χ0v) is 10.8. The number of phenolic OH excluding ortho intramolecular Hbond substituents is 1. The number of ether oxygens (including phenoxy) is 1. The smallest absolute Gasteiger partial charge is 0.235 e. The minimum atomic E-state index is -3.40. The van der Waals surface area contributed by atoms with Gasteiger partial charge in [0.05, 0.1) is 18.0 Å². The van der Waals surface area contributed by atoms with Crippen LogP contribution in [0.1, 0.15) is 12.5 Å². The van der Waals surface area contributed by atoms with Gasteiger partial charge in [-0.15, -0.1) is 0 Å². The van der Waals surface area contributed by atoms with Crippen LogP contribution in [0.25, 0.3) is 0 Å². The fraction of sp³-hybridized carbons (Fsp3) is 0.455. The van der Waals surface area contributed by atoms with Crippen LogP contribution in [-0.4, -0.2) is 32.5 Å². The molecule has 2 N–H and O–H groups in total. The number of anilines is 1. The molecule has 0 aliphatic rings. The fourth-order valence-corrected chi connectivity index (χ4v) is 2.30.